The number of nitrogens with one attached hydrogen (secondary N) is 1. The van der Waals surface area contributed by atoms with Gasteiger partial charge in [0.2, 0.25) is 5.91 Å². The molecule has 3 heterocycles. The summed E-state index contributed by atoms with van der Waals surface area (Å²) in [6.45, 7) is 4.17. The first-order valence-corrected chi connectivity index (χ1v) is 7.58. The lowest BCUT2D eigenvalue weighted by atomic mass is 9.98. The third kappa shape index (κ3) is 3.10. The van der Waals surface area contributed by atoms with Gasteiger partial charge in [0.15, 0.2) is 5.76 Å². The number of hydrogen-bond acceptors (Lipinski definition) is 4. The third-order valence-corrected chi connectivity index (χ3v) is 4.26. The fourth-order valence-electron chi connectivity index (χ4n) is 3.01. The van der Waals surface area contributed by atoms with Gasteiger partial charge in [-0.1, -0.05) is 0 Å². The molecule has 0 radical (unpaired) electrons. The highest BCUT2D eigenvalue weighted by Gasteiger charge is 2.30. The number of carbonyl (C=O) groups is 2. The van der Waals surface area contributed by atoms with Crippen LogP contribution in [0.5, 0.6) is 0 Å². The highest BCUT2D eigenvalue weighted by molar-refractivity contribution is 5.91. The summed E-state index contributed by atoms with van der Waals surface area (Å²) >= 11 is 0. The zero-order valence-corrected chi connectivity index (χ0v) is 12.1. The van der Waals surface area contributed by atoms with E-state index < -0.39 is 0 Å². The Morgan fingerprint density at radius 2 is 1.95 bits per heavy atom. The number of piperidine rings is 1. The highest BCUT2D eigenvalue weighted by Crippen LogP contribution is 2.16. The van der Waals surface area contributed by atoms with E-state index in [-0.39, 0.29) is 17.7 Å². The molecule has 1 unspecified atom stereocenters. The molecule has 6 nitrogen and oxygen atoms in total. The van der Waals surface area contributed by atoms with Crippen LogP contribution in [-0.4, -0.2) is 60.9 Å². The molecule has 3 rings (SSSR count). The Morgan fingerprint density at radius 1 is 1.19 bits per heavy atom. The molecule has 1 aromatic rings. The maximum atomic E-state index is 12.4. The Kier molecular flexibility index (Phi) is 4.24. The Bertz CT molecular complexity index is 486. The molecule has 1 aromatic heterocycles. The molecule has 1 atom stereocenters. The molecule has 0 spiro atoms. The zero-order valence-electron chi connectivity index (χ0n) is 12.1. The van der Waals surface area contributed by atoms with Crippen LogP contribution in [0, 0.1) is 5.92 Å². The van der Waals surface area contributed by atoms with E-state index in [2.05, 4.69) is 5.32 Å². The molecule has 2 amide bonds. The van der Waals surface area contributed by atoms with E-state index in [4.69, 9.17) is 4.42 Å². The van der Waals surface area contributed by atoms with E-state index in [9.17, 15) is 9.59 Å². The van der Waals surface area contributed by atoms with E-state index in [1.54, 1.807) is 17.0 Å². The number of hydrogen-bond donors (Lipinski definition) is 1. The van der Waals surface area contributed by atoms with Crippen LogP contribution in [0.4, 0.5) is 0 Å². The number of carbonyl (C=O) groups excluding carboxylic acids is 2. The molecule has 2 aliphatic rings. The van der Waals surface area contributed by atoms with Crippen LogP contribution < -0.4 is 5.32 Å². The van der Waals surface area contributed by atoms with Gasteiger partial charge in [-0.25, -0.2) is 0 Å². The van der Waals surface area contributed by atoms with E-state index in [0.29, 0.717) is 31.9 Å². The van der Waals surface area contributed by atoms with Crippen LogP contribution in [-0.2, 0) is 4.79 Å². The topological polar surface area (TPSA) is 65.8 Å². The van der Waals surface area contributed by atoms with Crippen LogP contribution in [0.25, 0.3) is 0 Å². The molecule has 1 N–H and O–H groups in total. The number of nitrogens with zero attached hydrogens (tertiary/aromatic N) is 2. The van der Waals surface area contributed by atoms with Crippen molar-refractivity contribution in [2.24, 2.45) is 5.92 Å². The van der Waals surface area contributed by atoms with E-state index in [0.717, 1.165) is 25.9 Å². The molecule has 6 heteroatoms. The second-order valence-corrected chi connectivity index (χ2v) is 5.64. The lowest BCUT2D eigenvalue weighted by molar-refractivity contribution is -0.137. The summed E-state index contributed by atoms with van der Waals surface area (Å²) in [5.41, 5.74) is 0. The van der Waals surface area contributed by atoms with Crippen molar-refractivity contribution in [2.75, 3.05) is 39.3 Å². The summed E-state index contributed by atoms with van der Waals surface area (Å²) in [7, 11) is 0. The monoisotopic (exact) mass is 291 g/mol. The Labute approximate surface area is 124 Å². The summed E-state index contributed by atoms with van der Waals surface area (Å²) in [6.07, 6.45) is 3.54. The van der Waals surface area contributed by atoms with Gasteiger partial charge in [-0.15, -0.1) is 0 Å². The number of amides is 2. The fraction of sp³-hybridized carbons (Fsp3) is 0.600. The first-order valence-electron chi connectivity index (χ1n) is 7.58. The zero-order chi connectivity index (χ0) is 14.7. The predicted octanol–water partition coefficient (Wildman–Crippen LogP) is 0.564. The van der Waals surface area contributed by atoms with Crippen molar-refractivity contribution in [3.8, 4) is 0 Å². The molecule has 0 aliphatic carbocycles. The summed E-state index contributed by atoms with van der Waals surface area (Å²) in [5.74, 6) is 0.607. The van der Waals surface area contributed by atoms with Crippen LogP contribution >= 0.6 is 0 Å². The van der Waals surface area contributed by atoms with Gasteiger partial charge < -0.3 is 19.5 Å². The predicted molar refractivity (Wildman–Crippen MR) is 76.8 cm³/mol. The van der Waals surface area contributed by atoms with E-state index in [1.807, 2.05) is 4.90 Å². The van der Waals surface area contributed by atoms with Gasteiger partial charge in [-0.05, 0) is 31.5 Å². The second kappa shape index (κ2) is 6.30. The molecule has 2 fully saturated rings. The second-order valence-electron chi connectivity index (χ2n) is 5.64. The van der Waals surface area contributed by atoms with E-state index in [1.165, 1.54) is 6.26 Å². The minimum atomic E-state index is -0.0913. The average Bonchev–Trinajstić information content (AvgIpc) is 3.09. The smallest absolute Gasteiger partial charge is 0.289 e. The molecule has 2 saturated heterocycles. The van der Waals surface area contributed by atoms with Gasteiger partial charge in [0.25, 0.3) is 5.91 Å². The average molecular weight is 291 g/mol. The molecule has 2 aliphatic heterocycles. The molecule has 0 bridgehead atoms. The Hall–Kier alpha value is -1.82. The minimum Gasteiger partial charge on any atom is -0.459 e. The van der Waals surface area contributed by atoms with Gasteiger partial charge in [0, 0.05) is 32.7 Å². The maximum absolute atomic E-state index is 12.4. The summed E-state index contributed by atoms with van der Waals surface area (Å²) in [5, 5.41) is 3.28. The lowest BCUT2D eigenvalue weighted by Gasteiger charge is -2.36. The van der Waals surface area contributed by atoms with Crippen molar-refractivity contribution in [2.45, 2.75) is 12.8 Å². The van der Waals surface area contributed by atoms with Gasteiger partial charge in [-0.2, -0.15) is 0 Å². The fourth-order valence-corrected chi connectivity index (χ4v) is 3.01. The van der Waals surface area contributed by atoms with Crippen LogP contribution in [0.1, 0.15) is 23.4 Å². The van der Waals surface area contributed by atoms with Gasteiger partial charge in [0.05, 0.1) is 12.2 Å². The first kappa shape index (κ1) is 14.1. The van der Waals surface area contributed by atoms with Gasteiger partial charge in [-0.3, -0.25) is 9.59 Å². The van der Waals surface area contributed by atoms with Crippen molar-refractivity contribution in [1.82, 2.24) is 15.1 Å². The van der Waals surface area contributed by atoms with Crippen LogP contribution in [0.2, 0.25) is 0 Å². The number of furan rings is 1. The number of rotatable bonds is 2. The lowest BCUT2D eigenvalue weighted by Crippen LogP contribution is -2.53. The summed E-state index contributed by atoms with van der Waals surface area (Å²) in [6, 6.07) is 3.39. The third-order valence-electron chi connectivity index (χ3n) is 4.26. The Balaban J connectivity index is 1.52. The summed E-state index contributed by atoms with van der Waals surface area (Å²) in [4.78, 5) is 28.2. The van der Waals surface area contributed by atoms with Crippen molar-refractivity contribution in [1.29, 1.82) is 0 Å². The molecule has 0 saturated carbocycles. The van der Waals surface area contributed by atoms with Crippen LogP contribution in [0.3, 0.4) is 0 Å². The molecule has 114 valence electrons. The van der Waals surface area contributed by atoms with Gasteiger partial charge in [0.1, 0.15) is 0 Å². The molecule has 0 aromatic carbocycles. The molecule has 21 heavy (non-hydrogen) atoms. The standard InChI is InChI=1S/C15H21N3O3/c19-14(12-3-1-5-16-11-12)17-6-8-18(9-7-17)15(20)13-4-2-10-21-13/h2,4,10,12,16H,1,3,5-9,11H2. The van der Waals surface area contributed by atoms with Crippen molar-refractivity contribution in [3.63, 3.8) is 0 Å². The van der Waals surface area contributed by atoms with Crippen LogP contribution in [0.15, 0.2) is 22.8 Å². The van der Waals surface area contributed by atoms with Crippen molar-refractivity contribution in [3.05, 3.63) is 24.2 Å². The van der Waals surface area contributed by atoms with Crippen molar-refractivity contribution >= 4 is 11.8 Å². The Morgan fingerprint density at radius 3 is 2.57 bits per heavy atom. The molecular formula is C15H21N3O3. The first-order chi connectivity index (χ1) is 10.3. The largest absolute Gasteiger partial charge is 0.459 e. The SMILES string of the molecule is O=C(c1ccco1)N1CCN(C(=O)C2CCCNC2)CC1. The molecular weight excluding hydrogens is 270 g/mol. The highest BCUT2D eigenvalue weighted by atomic mass is 16.3. The maximum Gasteiger partial charge on any atom is 0.289 e. The van der Waals surface area contributed by atoms with Gasteiger partial charge >= 0.3 is 0 Å². The normalized spacial score (nSPS) is 23.1. The summed E-state index contributed by atoms with van der Waals surface area (Å²) < 4.78 is 5.14. The number of piperazine rings is 1. The minimum absolute atomic E-state index is 0.0913. The quantitative estimate of drug-likeness (QED) is 0.865. The van der Waals surface area contributed by atoms with E-state index >= 15 is 0 Å². The van der Waals surface area contributed by atoms with Crippen molar-refractivity contribution < 1.29 is 14.0 Å².